The van der Waals surface area contributed by atoms with Gasteiger partial charge in [-0.3, -0.25) is 4.79 Å². The van der Waals surface area contributed by atoms with Gasteiger partial charge in [-0.1, -0.05) is 26.0 Å². The van der Waals surface area contributed by atoms with Crippen LogP contribution in [0.5, 0.6) is 0 Å². The van der Waals surface area contributed by atoms with E-state index in [1.807, 2.05) is 12.1 Å². The molecular formula is C14H19NO2. The van der Waals surface area contributed by atoms with Crippen LogP contribution >= 0.6 is 0 Å². The Morgan fingerprint density at radius 1 is 1.35 bits per heavy atom. The van der Waals surface area contributed by atoms with Crippen molar-refractivity contribution in [3.63, 3.8) is 0 Å². The molecule has 0 saturated carbocycles. The molecule has 0 aliphatic carbocycles. The molecule has 1 aromatic rings. The molecule has 0 spiro atoms. The van der Waals surface area contributed by atoms with Crippen LogP contribution in [0.2, 0.25) is 0 Å². The maximum Gasteiger partial charge on any atom is 0.224 e. The van der Waals surface area contributed by atoms with Crippen LogP contribution in [-0.2, 0) is 9.53 Å². The Kier molecular flexibility index (Phi) is 3.79. The van der Waals surface area contributed by atoms with Crippen molar-refractivity contribution in [2.24, 2.45) is 5.92 Å². The Hall–Kier alpha value is -1.35. The zero-order chi connectivity index (χ0) is 12.3. The summed E-state index contributed by atoms with van der Waals surface area (Å²) in [4.78, 5) is 11.7. The first-order valence-corrected chi connectivity index (χ1v) is 6.12. The summed E-state index contributed by atoms with van der Waals surface area (Å²) in [6.07, 6.45) is 0.561. The highest BCUT2D eigenvalue weighted by atomic mass is 16.5. The van der Waals surface area contributed by atoms with Gasteiger partial charge in [0.25, 0.3) is 0 Å². The van der Waals surface area contributed by atoms with Crippen molar-refractivity contribution in [1.82, 2.24) is 0 Å². The number of ether oxygens (including phenoxy) is 1. The second-order valence-corrected chi connectivity index (χ2v) is 4.93. The molecule has 1 N–H and O–H groups in total. The average molecular weight is 233 g/mol. The number of rotatable bonds is 4. The van der Waals surface area contributed by atoms with E-state index in [0.717, 1.165) is 18.9 Å². The van der Waals surface area contributed by atoms with Gasteiger partial charge < -0.3 is 10.1 Å². The molecule has 1 aromatic carbocycles. The van der Waals surface area contributed by atoms with Gasteiger partial charge in [0.2, 0.25) is 5.91 Å². The highest BCUT2D eigenvalue weighted by molar-refractivity contribution is 5.90. The molecule has 0 atom stereocenters. The Morgan fingerprint density at radius 2 is 2.00 bits per heavy atom. The number of anilines is 1. The first-order valence-electron chi connectivity index (χ1n) is 6.12. The number of amides is 1. The van der Waals surface area contributed by atoms with Crippen LogP contribution in [0, 0.1) is 5.92 Å². The lowest BCUT2D eigenvalue weighted by molar-refractivity contribution is -0.121. The quantitative estimate of drug-likeness (QED) is 0.868. The van der Waals surface area contributed by atoms with Crippen molar-refractivity contribution in [2.45, 2.75) is 26.2 Å². The van der Waals surface area contributed by atoms with Crippen LogP contribution in [0.4, 0.5) is 5.69 Å². The van der Waals surface area contributed by atoms with Crippen LogP contribution in [0.25, 0.3) is 0 Å². The molecule has 1 saturated heterocycles. The minimum absolute atomic E-state index is 0.0793. The summed E-state index contributed by atoms with van der Waals surface area (Å²) in [6, 6.07) is 8.05. The summed E-state index contributed by atoms with van der Waals surface area (Å²) < 4.78 is 5.05. The van der Waals surface area contributed by atoms with Crippen LogP contribution in [0.3, 0.4) is 0 Å². The van der Waals surface area contributed by atoms with Crippen molar-refractivity contribution in [1.29, 1.82) is 0 Å². The predicted molar refractivity (Wildman–Crippen MR) is 68.1 cm³/mol. The number of hydrogen-bond acceptors (Lipinski definition) is 2. The Labute approximate surface area is 102 Å². The third-order valence-corrected chi connectivity index (χ3v) is 3.04. The molecule has 1 fully saturated rings. The first kappa shape index (κ1) is 12.1. The Balaban J connectivity index is 1.87. The molecule has 0 bridgehead atoms. The van der Waals surface area contributed by atoms with E-state index in [2.05, 4.69) is 31.3 Å². The second-order valence-electron chi connectivity index (χ2n) is 4.93. The lowest BCUT2D eigenvalue weighted by Gasteiger charge is -2.25. The van der Waals surface area contributed by atoms with Crippen molar-refractivity contribution >= 4 is 11.6 Å². The summed E-state index contributed by atoms with van der Waals surface area (Å²) >= 11 is 0. The maximum atomic E-state index is 11.7. The van der Waals surface area contributed by atoms with Crippen LogP contribution in [-0.4, -0.2) is 19.1 Å². The highest BCUT2D eigenvalue weighted by Gasteiger charge is 2.21. The summed E-state index contributed by atoms with van der Waals surface area (Å²) in [5.41, 5.74) is 2.16. The van der Waals surface area contributed by atoms with E-state index >= 15 is 0 Å². The summed E-state index contributed by atoms with van der Waals surface area (Å²) in [7, 11) is 0. The number of hydrogen-bond donors (Lipinski definition) is 1. The largest absolute Gasteiger partial charge is 0.381 e. The molecule has 3 heteroatoms. The maximum absolute atomic E-state index is 11.7. The van der Waals surface area contributed by atoms with Gasteiger partial charge in [-0.2, -0.15) is 0 Å². The minimum Gasteiger partial charge on any atom is -0.381 e. The molecule has 0 radical (unpaired) electrons. The zero-order valence-electron chi connectivity index (χ0n) is 10.4. The van der Waals surface area contributed by atoms with Crippen LogP contribution in [0.15, 0.2) is 24.3 Å². The first-order chi connectivity index (χ1) is 8.15. The predicted octanol–water partition coefficient (Wildman–Crippen LogP) is 2.79. The fraction of sp³-hybridized carbons (Fsp3) is 0.500. The molecule has 3 nitrogen and oxygen atoms in total. The van der Waals surface area contributed by atoms with Crippen LogP contribution in [0.1, 0.15) is 31.7 Å². The molecule has 92 valence electrons. The third kappa shape index (κ3) is 3.30. The molecule has 0 unspecified atom stereocenters. The van der Waals surface area contributed by atoms with Gasteiger partial charge in [0, 0.05) is 18.0 Å². The van der Waals surface area contributed by atoms with E-state index < -0.39 is 0 Å². The second kappa shape index (κ2) is 5.32. The molecule has 2 rings (SSSR count). The van der Waals surface area contributed by atoms with Gasteiger partial charge in [0.15, 0.2) is 0 Å². The van der Waals surface area contributed by atoms with Crippen molar-refractivity contribution < 1.29 is 9.53 Å². The fourth-order valence-corrected chi connectivity index (χ4v) is 1.83. The average Bonchev–Trinajstić information content (AvgIpc) is 2.24. The molecule has 1 aliphatic rings. The lowest BCUT2D eigenvalue weighted by atomic mass is 10.0. The van der Waals surface area contributed by atoms with E-state index in [-0.39, 0.29) is 5.91 Å². The smallest absolute Gasteiger partial charge is 0.224 e. The summed E-state index contributed by atoms with van der Waals surface area (Å²) in [6.45, 7) is 5.76. The Morgan fingerprint density at radius 3 is 2.47 bits per heavy atom. The van der Waals surface area contributed by atoms with E-state index in [0.29, 0.717) is 18.3 Å². The monoisotopic (exact) mass is 233 g/mol. The minimum atomic E-state index is 0.0793. The topological polar surface area (TPSA) is 38.3 Å². The Bertz CT molecular complexity index is 380. The van der Waals surface area contributed by atoms with Gasteiger partial charge in [-0.15, -0.1) is 0 Å². The number of carbonyl (C=O) groups excluding carboxylic acids is 1. The summed E-state index contributed by atoms with van der Waals surface area (Å²) in [5, 5.41) is 2.91. The number of carbonyl (C=O) groups is 1. The van der Waals surface area contributed by atoms with E-state index in [1.54, 1.807) is 0 Å². The molecule has 17 heavy (non-hydrogen) atoms. The van der Waals surface area contributed by atoms with Gasteiger partial charge in [-0.25, -0.2) is 0 Å². The number of nitrogens with one attached hydrogen (secondary N) is 1. The SMILES string of the molecule is CC(C)c1ccc(NC(=O)CC2COC2)cc1. The van der Waals surface area contributed by atoms with Gasteiger partial charge in [-0.05, 0) is 23.6 Å². The van der Waals surface area contributed by atoms with Crippen LogP contribution < -0.4 is 5.32 Å². The third-order valence-electron chi connectivity index (χ3n) is 3.04. The van der Waals surface area contributed by atoms with Gasteiger partial charge in [0.05, 0.1) is 13.2 Å². The summed E-state index contributed by atoms with van der Waals surface area (Å²) in [5.74, 6) is 1.01. The van der Waals surface area contributed by atoms with Gasteiger partial charge >= 0.3 is 0 Å². The van der Waals surface area contributed by atoms with E-state index in [1.165, 1.54) is 5.56 Å². The molecule has 1 amide bonds. The highest BCUT2D eigenvalue weighted by Crippen LogP contribution is 2.19. The molecular weight excluding hydrogens is 214 g/mol. The molecule has 1 aliphatic heterocycles. The molecule has 1 heterocycles. The van der Waals surface area contributed by atoms with E-state index in [9.17, 15) is 4.79 Å². The van der Waals surface area contributed by atoms with Crippen molar-refractivity contribution in [3.8, 4) is 0 Å². The lowest BCUT2D eigenvalue weighted by Crippen LogP contribution is -2.31. The van der Waals surface area contributed by atoms with Crippen molar-refractivity contribution in [3.05, 3.63) is 29.8 Å². The number of benzene rings is 1. The zero-order valence-corrected chi connectivity index (χ0v) is 10.4. The fourth-order valence-electron chi connectivity index (χ4n) is 1.83. The van der Waals surface area contributed by atoms with Gasteiger partial charge in [0.1, 0.15) is 0 Å². The normalized spacial score (nSPS) is 15.7. The van der Waals surface area contributed by atoms with Crippen molar-refractivity contribution in [2.75, 3.05) is 18.5 Å². The molecule has 0 aromatic heterocycles. The van der Waals surface area contributed by atoms with E-state index in [4.69, 9.17) is 4.74 Å². The standard InChI is InChI=1S/C14H19NO2/c1-10(2)12-3-5-13(6-4-12)15-14(16)7-11-8-17-9-11/h3-6,10-11H,7-9H2,1-2H3,(H,15,16).